The number of rotatable bonds is 4. The van der Waals surface area contributed by atoms with Crippen LogP contribution in [0.4, 0.5) is 5.95 Å². The van der Waals surface area contributed by atoms with E-state index in [9.17, 15) is 0 Å². The molecule has 1 saturated carbocycles. The monoisotopic (exact) mass is 242 g/mol. The number of hydrogen-bond donors (Lipinski definition) is 1. The van der Waals surface area contributed by atoms with E-state index in [1.165, 1.54) is 0 Å². The van der Waals surface area contributed by atoms with Gasteiger partial charge < -0.3 is 10.1 Å². The van der Waals surface area contributed by atoms with Crippen LogP contribution >= 0.6 is 11.6 Å². The van der Waals surface area contributed by atoms with Crippen molar-refractivity contribution < 1.29 is 4.74 Å². The van der Waals surface area contributed by atoms with Crippen molar-refractivity contribution in [3.63, 3.8) is 0 Å². The molecule has 1 aliphatic rings. The molecule has 0 aliphatic heterocycles. The van der Waals surface area contributed by atoms with E-state index in [2.05, 4.69) is 27.2 Å². The highest BCUT2D eigenvalue weighted by atomic mass is 35.5. The lowest BCUT2D eigenvalue weighted by Gasteiger charge is -2.13. The van der Waals surface area contributed by atoms with Crippen LogP contribution < -0.4 is 10.1 Å². The molecule has 1 heterocycles. The summed E-state index contributed by atoms with van der Waals surface area (Å²) < 4.78 is 5.38. The van der Waals surface area contributed by atoms with E-state index in [-0.39, 0.29) is 22.9 Å². The lowest BCUT2D eigenvalue weighted by molar-refractivity contribution is 0.222. The van der Waals surface area contributed by atoms with E-state index in [1.807, 2.05) is 13.8 Å². The normalized spacial score (nSPS) is 17.3. The minimum Gasteiger partial charge on any atom is -0.461 e. The van der Waals surface area contributed by atoms with Gasteiger partial charge in [0, 0.05) is 5.54 Å². The number of hydrogen-bond acceptors (Lipinski definition) is 5. The van der Waals surface area contributed by atoms with Crippen LogP contribution in [0, 0.1) is 0 Å². The van der Waals surface area contributed by atoms with Gasteiger partial charge in [-0.15, -0.1) is 0 Å². The summed E-state index contributed by atoms with van der Waals surface area (Å²) in [6.45, 7) is 5.94. The van der Waals surface area contributed by atoms with Gasteiger partial charge in [0.05, 0.1) is 6.10 Å². The molecule has 1 fully saturated rings. The van der Waals surface area contributed by atoms with Crippen LogP contribution in [0.1, 0.15) is 33.6 Å². The quantitative estimate of drug-likeness (QED) is 0.878. The van der Waals surface area contributed by atoms with Crippen molar-refractivity contribution in [3.05, 3.63) is 5.28 Å². The highest BCUT2D eigenvalue weighted by molar-refractivity contribution is 6.28. The van der Waals surface area contributed by atoms with Crippen LogP contribution in [0.5, 0.6) is 6.01 Å². The van der Waals surface area contributed by atoms with Crippen molar-refractivity contribution in [3.8, 4) is 6.01 Å². The molecule has 0 spiro atoms. The summed E-state index contributed by atoms with van der Waals surface area (Å²) in [5, 5.41) is 3.37. The summed E-state index contributed by atoms with van der Waals surface area (Å²) in [6, 6.07) is 0.266. The van der Waals surface area contributed by atoms with Gasteiger partial charge in [-0.05, 0) is 45.2 Å². The summed E-state index contributed by atoms with van der Waals surface area (Å²) in [5.41, 5.74) is 0.111. The predicted octanol–water partition coefficient (Wildman–Crippen LogP) is 2.28. The maximum Gasteiger partial charge on any atom is 0.322 e. The zero-order valence-corrected chi connectivity index (χ0v) is 10.4. The van der Waals surface area contributed by atoms with Gasteiger partial charge in [0.1, 0.15) is 0 Å². The van der Waals surface area contributed by atoms with Gasteiger partial charge in [0.2, 0.25) is 11.2 Å². The summed E-state index contributed by atoms with van der Waals surface area (Å²) in [5.74, 6) is 0.482. The van der Waals surface area contributed by atoms with Crippen molar-refractivity contribution in [2.75, 3.05) is 5.32 Å². The minimum absolute atomic E-state index is 0.0165. The van der Waals surface area contributed by atoms with E-state index in [0.717, 1.165) is 12.8 Å². The number of halogens is 1. The van der Waals surface area contributed by atoms with E-state index >= 15 is 0 Å². The fourth-order valence-corrected chi connectivity index (χ4v) is 1.39. The predicted molar refractivity (Wildman–Crippen MR) is 61.9 cm³/mol. The Kier molecular flexibility index (Phi) is 2.88. The van der Waals surface area contributed by atoms with Crippen molar-refractivity contribution in [2.24, 2.45) is 0 Å². The van der Waals surface area contributed by atoms with Gasteiger partial charge in [-0.1, -0.05) is 0 Å². The zero-order chi connectivity index (χ0) is 11.8. The summed E-state index contributed by atoms with van der Waals surface area (Å²) in [7, 11) is 0. The molecule has 16 heavy (non-hydrogen) atoms. The third-order valence-electron chi connectivity index (χ3n) is 2.34. The molecular formula is C10H15ClN4O. The Morgan fingerprint density at radius 1 is 1.31 bits per heavy atom. The standard InChI is InChI=1S/C10H15ClN4O/c1-6(2)16-9-13-7(11)12-8(14-9)15-10(3)4-5-10/h6H,4-5H2,1-3H3,(H,12,13,14,15). The average molecular weight is 243 g/mol. The Labute approximate surface area is 99.6 Å². The lowest BCUT2D eigenvalue weighted by atomic mass is 10.3. The van der Waals surface area contributed by atoms with Crippen LogP contribution in [-0.2, 0) is 0 Å². The first-order valence-electron chi connectivity index (χ1n) is 5.33. The summed E-state index contributed by atoms with van der Waals surface area (Å²) in [6.07, 6.45) is 2.26. The first kappa shape index (κ1) is 11.4. The van der Waals surface area contributed by atoms with Gasteiger partial charge in [-0.2, -0.15) is 15.0 Å². The molecule has 88 valence electrons. The molecule has 0 radical (unpaired) electrons. The maximum absolute atomic E-state index is 5.80. The molecule has 0 bridgehead atoms. The SMILES string of the molecule is CC(C)Oc1nc(Cl)nc(NC2(C)CC2)n1. The second-order valence-corrected chi connectivity index (χ2v) is 4.90. The summed E-state index contributed by atoms with van der Waals surface area (Å²) >= 11 is 5.80. The third kappa shape index (κ3) is 2.95. The number of aromatic nitrogens is 3. The van der Waals surface area contributed by atoms with Crippen LogP contribution in [-0.4, -0.2) is 26.6 Å². The van der Waals surface area contributed by atoms with Crippen LogP contribution in [0.3, 0.4) is 0 Å². The zero-order valence-electron chi connectivity index (χ0n) is 9.62. The maximum atomic E-state index is 5.80. The Morgan fingerprint density at radius 2 is 2.00 bits per heavy atom. The van der Waals surface area contributed by atoms with Gasteiger partial charge in [0.25, 0.3) is 0 Å². The number of nitrogens with one attached hydrogen (secondary N) is 1. The third-order valence-corrected chi connectivity index (χ3v) is 2.51. The number of anilines is 1. The molecule has 0 saturated heterocycles. The Balaban J connectivity index is 2.15. The topological polar surface area (TPSA) is 59.9 Å². The Hall–Kier alpha value is -1.10. The van der Waals surface area contributed by atoms with Crippen LogP contribution in [0.15, 0.2) is 0 Å². The fourth-order valence-electron chi connectivity index (χ4n) is 1.23. The Morgan fingerprint density at radius 3 is 2.56 bits per heavy atom. The average Bonchev–Trinajstić information content (AvgIpc) is 2.80. The van der Waals surface area contributed by atoms with Crippen molar-refractivity contribution >= 4 is 17.5 Å². The fraction of sp³-hybridized carbons (Fsp3) is 0.700. The van der Waals surface area contributed by atoms with E-state index in [1.54, 1.807) is 0 Å². The van der Waals surface area contributed by atoms with Gasteiger partial charge in [0.15, 0.2) is 0 Å². The molecule has 0 unspecified atom stereocenters. The molecule has 0 atom stereocenters. The molecule has 6 heteroatoms. The van der Waals surface area contributed by atoms with Crippen molar-refractivity contribution in [2.45, 2.75) is 45.3 Å². The van der Waals surface area contributed by atoms with E-state index in [4.69, 9.17) is 16.3 Å². The Bertz CT molecular complexity index is 392. The van der Waals surface area contributed by atoms with Gasteiger partial charge in [-0.25, -0.2) is 0 Å². The molecule has 0 amide bonds. The van der Waals surface area contributed by atoms with Crippen LogP contribution in [0.25, 0.3) is 0 Å². The highest BCUT2D eigenvalue weighted by Gasteiger charge is 2.38. The molecule has 5 nitrogen and oxygen atoms in total. The number of ether oxygens (including phenoxy) is 1. The molecule has 0 aromatic carbocycles. The molecule has 1 aromatic rings. The summed E-state index contributed by atoms with van der Waals surface area (Å²) in [4.78, 5) is 12.1. The molecule has 1 aromatic heterocycles. The smallest absolute Gasteiger partial charge is 0.322 e. The molecular weight excluding hydrogens is 228 g/mol. The molecule has 1 aliphatic carbocycles. The van der Waals surface area contributed by atoms with Crippen LogP contribution in [0.2, 0.25) is 5.28 Å². The van der Waals surface area contributed by atoms with E-state index in [0.29, 0.717) is 5.95 Å². The minimum atomic E-state index is 0.0165. The molecule has 1 N–H and O–H groups in total. The van der Waals surface area contributed by atoms with Crippen molar-refractivity contribution in [1.29, 1.82) is 0 Å². The second-order valence-electron chi connectivity index (χ2n) is 4.56. The van der Waals surface area contributed by atoms with Gasteiger partial charge in [-0.3, -0.25) is 0 Å². The second kappa shape index (κ2) is 4.05. The largest absolute Gasteiger partial charge is 0.461 e. The van der Waals surface area contributed by atoms with E-state index < -0.39 is 0 Å². The molecule has 2 rings (SSSR count). The first-order chi connectivity index (χ1) is 7.47. The highest BCUT2D eigenvalue weighted by Crippen LogP contribution is 2.37. The first-order valence-corrected chi connectivity index (χ1v) is 5.71. The number of nitrogens with zero attached hydrogens (tertiary/aromatic N) is 3. The lowest BCUT2D eigenvalue weighted by Crippen LogP contribution is -2.19. The van der Waals surface area contributed by atoms with Gasteiger partial charge >= 0.3 is 6.01 Å². The van der Waals surface area contributed by atoms with Crippen molar-refractivity contribution in [1.82, 2.24) is 15.0 Å².